The summed E-state index contributed by atoms with van der Waals surface area (Å²) in [4.78, 5) is 1.20. The highest BCUT2D eigenvalue weighted by Crippen LogP contribution is 2.22. The number of halogens is 1. The lowest BCUT2D eigenvalue weighted by atomic mass is 10.1. The quantitative estimate of drug-likeness (QED) is 0.764. The Balaban J connectivity index is 2.10. The van der Waals surface area contributed by atoms with Crippen molar-refractivity contribution in [2.75, 3.05) is 12.8 Å². The number of hydrogen-bond acceptors (Lipinski definition) is 4. The lowest BCUT2D eigenvalue weighted by Gasteiger charge is -2.14. The zero-order valence-electron chi connectivity index (χ0n) is 12.8. The maximum absolute atomic E-state index is 12.4. The van der Waals surface area contributed by atoms with E-state index in [1.165, 1.54) is 6.07 Å². The molecule has 0 amide bonds. The average Bonchev–Trinajstić information content (AvgIpc) is 2.55. The van der Waals surface area contributed by atoms with Crippen LogP contribution in [0.15, 0.2) is 52.3 Å². The summed E-state index contributed by atoms with van der Waals surface area (Å²) in [6, 6.07) is 12.0. The Labute approximate surface area is 145 Å². The highest BCUT2D eigenvalue weighted by atomic mass is 35.5. The Bertz CT molecular complexity index is 776. The topological polar surface area (TPSA) is 66.4 Å². The van der Waals surface area contributed by atoms with Crippen molar-refractivity contribution in [3.63, 3.8) is 0 Å². The minimum absolute atomic E-state index is 0.104. The molecule has 0 radical (unpaired) electrons. The van der Waals surface area contributed by atoms with Gasteiger partial charge in [0.05, 0.1) is 11.0 Å². The van der Waals surface area contributed by atoms with Crippen LogP contribution in [0, 0.1) is 6.92 Å². The third-order valence-corrected chi connectivity index (χ3v) is 5.95. The number of nitrogens with one attached hydrogen (secondary N) is 1. The highest BCUT2D eigenvalue weighted by molar-refractivity contribution is 7.98. The molecule has 1 atom stereocenters. The number of thioether (sulfide) groups is 1. The Morgan fingerprint density at radius 2 is 1.87 bits per heavy atom. The predicted octanol–water partition coefficient (Wildman–Crippen LogP) is 3.38. The molecule has 0 bridgehead atoms. The third kappa shape index (κ3) is 4.71. The molecule has 0 aliphatic carbocycles. The van der Waals surface area contributed by atoms with E-state index in [-0.39, 0.29) is 11.4 Å². The van der Waals surface area contributed by atoms with Gasteiger partial charge in [-0.15, -0.1) is 11.8 Å². The smallest absolute Gasteiger partial charge is 0.240 e. The van der Waals surface area contributed by atoms with Crippen LogP contribution >= 0.6 is 23.4 Å². The molecule has 4 nitrogen and oxygen atoms in total. The van der Waals surface area contributed by atoms with Crippen molar-refractivity contribution in [2.45, 2.75) is 22.8 Å². The number of rotatable bonds is 6. The van der Waals surface area contributed by atoms with Gasteiger partial charge < -0.3 is 5.11 Å². The standard InChI is InChI=1S/C16H18ClNO3S2/c1-11-3-6-13(17)9-16(11)23(20,21)18-10-15(19)12-4-7-14(22-2)8-5-12/h3-9,15,18-19H,10H2,1-2H3/t15-/m1/s1. The minimum Gasteiger partial charge on any atom is -0.387 e. The van der Waals surface area contributed by atoms with E-state index in [0.29, 0.717) is 16.1 Å². The van der Waals surface area contributed by atoms with Gasteiger partial charge >= 0.3 is 0 Å². The first-order chi connectivity index (χ1) is 10.8. The summed E-state index contributed by atoms with van der Waals surface area (Å²) in [6.07, 6.45) is 1.05. The van der Waals surface area contributed by atoms with Crippen LogP contribution in [0.1, 0.15) is 17.2 Å². The van der Waals surface area contributed by atoms with Gasteiger partial charge in [0.25, 0.3) is 0 Å². The molecule has 7 heteroatoms. The predicted molar refractivity (Wildman–Crippen MR) is 94.6 cm³/mol. The van der Waals surface area contributed by atoms with E-state index in [1.54, 1.807) is 43.0 Å². The van der Waals surface area contributed by atoms with Crippen molar-refractivity contribution < 1.29 is 13.5 Å². The Hall–Kier alpha value is -1.05. The first-order valence-corrected chi connectivity index (χ1v) is 10.00. The van der Waals surface area contributed by atoms with Crippen molar-refractivity contribution in [2.24, 2.45) is 0 Å². The summed E-state index contributed by atoms with van der Waals surface area (Å²) in [5.74, 6) is 0. The second kappa shape index (κ2) is 7.68. The van der Waals surface area contributed by atoms with E-state index in [4.69, 9.17) is 11.6 Å². The Morgan fingerprint density at radius 1 is 1.22 bits per heavy atom. The van der Waals surface area contributed by atoms with Crippen LogP contribution in [-0.2, 0) is 10.0 Å². The molecule has 2 N–H and O–H groups in total. The van der Waals surface area contributed by atoms with Crippen LogP contribution in [0.5, 0.6) is 0 Å². The van der Waals surface area contributed by atoms with Crippen LogP contribution in [0.4, 0.5) is 0 Å². The molecule has 2 aromatic carbocycles. The largest absolute Gasteiger partial charge is 0.387 e. The Kier molecular flexibility index (Phi) is 6.11. The van der Waals surface area contributed by atoms with Gasteiger partial charge in [-0.1, -0.05) is 29.8 Å². The molecule has 124 valence electrons. The first kappa shape index (κ1) is 18.3. The molecule has 0 aliphatic rings. The fourth-order valence-electron chi connectivity index (χ4n) is 2.07. The van der Waals surface area contributed by atoms with Gasteiger partial charge in [-0.3, -0.25) is 0 Å². The summed E-state index contributed by atoms with van der Waals surface area (Å²) < 4.78 is 27.1. The fourth-order valence-corrected chi connectivity index (χ4v) is 4.03. The average molecular weight is 372 g/mol. The van der Waals surface area contributed by atoms with Crippen LogP contribution in [0.3, 0.4) is 0 Å². The molecule has 0 spiro atoms. The van der Waals surface area contributed by atoms with Crippen molar-refractivity contribution >= 4 is 33.4 Å². The normalized spacial score (nSPS) is 13.0. The van der Waals surface area contributed by atoms with E-state index in [1.807, 2.05) is 18.4 Å². The first-order valence-electron chi connectivity index (χ1n) is 6.91. The van der Waals surface area contributed by atoms with Gasteiger partial charge in [0.2, 0.25) is 10.0 Å². The molecular formula is C16H18ClNO3S2. The molecule has 0 saturated heterocycles. The van der Waals surface area contributed by atoms with Gasteiger partial charge in [-0.2, -0.15) is 0 Å². The van der Waals surface area contributed by atoms with Crippen molar-refractivity contribution in [3.8, 4) is 0 Å². The zero-order chi connectivity index (χ0) is 17.0. The SMILES string of the molecule is CSc1ccc([C@H](O)CNS(=O)(=O)c2cc(Cl)ccc2C)cc1. The van der Waals surface area contributed by atoms with Crippen molar-refractivity contribution in [1.82, 2.24) is 4.72 Å². The molecule has 2 aromatic rings. The molecular weight excluding hydrogens is 354 g/mol. The van der Waals surface area contributed by atoms with E-state index in [0.717, 1.165) is 4.90 Å². The monoisotopic (exact) mass is 371 g/mol. The van der Waals surface area contributed by atoms with Crippen molar-refractivity contribution in [1.29, 1.82) is 0 Å². The van der Waals surface area contributed by atoms with Crippen LogP contribution in [0.2, 0.25) is 5.02 Å². The maximum atomic E-state index is 12.4. The van der Waals surface area contributed by atoms with Gasteiger partial charge in [-0.05, 0) is 48.6 Å². The molecule has 0 aromatic heterocycles. The van der Waals surface area contributed by atoms with E-state index in [2.05, 4.69) is 4.72 Å². The molecule has 0 saturated carbocycles. The van der Waals surface area contributed by atoms with E-state index >= 15 is 0 Å². The second-order valence-electron chi connectivity index (χ2n) is 5.05. The molecule has 0 heterocycles. The molecule has 0 unspecified atom stereocenters. The number of aryl methyl sites for hydroxylation is 1. The lowest BCUT2D eigenvalue weighted by molar-refractivity contribution is 0.182. The van der Waals surface area contributed by atoms with E-state index < -0.39 is 16.1 Å². The van der Waals surface area contributed by atoms with Crippen LogP contribution < -0.4 is 4.72 Å². The molecule has 2 rings (SSSR count). The number of aliphatic hydroxyl groups excluding tert-OH is 1. The van der Waals surface area contributed by atoms with Gasteiger partial charge in [0, 0.05) is 16.5 Å². The Morgan fingerprint density at radius 3 is 2.48 bits per heavy atom. The lowest BCUT2D eigenvalue weighted by Crippen LogP contribution is -2.29. The van der Waals surface area contributed by atoms with Gasteiger partial charge in [-0.25, -0.2) is 13.1 Å². The number of benzene rings is 2. The second-order valence-corrected chi connectivity index (χ2v) is 8.10. The number of aliphatic hydroxyl groups is 1. The van der Waals surface area contributed by atoms with Gasteiger partial charge in [0.1, 0.15) is 0 Å². The minimum atomic E-state index is -3.73. The van der Waals surface area contributed by atoms with Crippen LogP contribution in [0.25, 0.3) is 0 Å². The zero-order valence-corrected chi connectivity index (χ0v) is 15.2. The molecule has 23 heavy (non-hydrogen) atoms. The number of hydrogen-bond donors (Lipinski definition) is 2. The summed E-state index contributed by atoms with van der Waals surface area (Å²) in [7, 11) is -3.73. The van der Waals surface area contributed by atoms with Crippen LogP contribution in [-0.4, -0.2) is 26.3 Å². The summed E-state index contributed by atoms with van der Waals surface area (Å²) >= 11 is 7.47. The third-order valence-electron chi connectivity index (χ3n) is 3.41. The maximum Gasteiger partial charge on any atom is 0.240 e. The summed E-state index contributed by atoms with van der Waals surface area (Å²) in [5.41, 5.74) is 1.26. The molecule has 0 fully saturated rings. The number of sulfonamides is 1. The fraction of sp³-hybridized carbons (Fsp3) is 0.250. The van der Waals surface area contributed by atoms with E-state index in [9.17, 15) is 13.5 Å². The highest BCUT2D eigenvalue weighted by Gasteiger charge is 2.19. The summed E-state index contributed by atoms with van der Waals surface area (Å²) in [6.45, 7) is 1.59. The van der Waals surface area contributed by atoms with Crippen molar-refractivity contribution in [3.05, 3.63) is 58.6 Å². The van der Waals surface area contributed by atoms with Gasteiger partial charge in [0.15, 0.2) is 0 Å². The molecule has 0 aliphatic heterocycles. The summed E-state index contributed by atoms with van der Waals surface area (Å²) in [5, 5.41) is 10.5.